The molecule has 8 nitrogen and oxygen atoms in total. The topological polar surface area (TPSA) is 105 Å². The predicted octanol–water partition coefficient (Wildman–Crippen LogP) is 3.27. The summed E-state index contributed by atoms with van der Waals surface area (Å²) in [5, 5.41) is 0. The Morgan fingerprint density at radius 2 is 0.600 bits per heavy atom. The van der Waals surface area contributed by atoms with E-state index in [0.29, 0.717) is 0 Å². The molecule has 12 heteroatoms. The Labute approximate surface area is 262 Å². The number of hydrogen-bond donors (Lipinski definition) is 0. The minimum atomic E-state index is -0.967. The molecule has 40 heavy (non-hydrogen) atoms. The van der Waals surface area contributed by atoms with Gasteiger partial charge >= 0.3 is 23.9 Å². The molecule has 0 aliphatic heterocycles. The number of esters is 4. The van der Waals surface area contributed by atoms with Crippen LogP contribution in [-0.2, 0) is 38.1 Å². The van der Waals surface area contributed by atoms with Gasteiger partial charge in [-0.2, -0.15) is 0 Å². The number of halogens is 4. The maximum Gasteiger partial charge on any atom is 0.303 e. The Hall–Kier alpha value is -0.200. The van der Waals surface area contributed by atoms with Gasteiger partial charge in [0.25, 0.3) is 0 Å². The molecule has 0 radical (unpaired) electrons. The predicted molar refractivity (Wildman–Crippen MR) is 146 cm³/mol. The lowest BCUT2D eigenvalue weighted by Crippen LogP contribution is -2.63. The molecular weight excluding hydrogens is 784 g/mol. The first-order valence-corrected chi connectivity index (χ1v) is 17.3. The van der Waals surface area contributed by atoms with E-state index < -0.39 is 39.7 Å². The van der Waals surface area contributed by atoms with E-state index in [1.54, 1.807) is 0 Å². The van der Waals surface area contributed by atoms with E-state index in [2.05, 4.69) is 63.7 Å². The van der Waals surface area contributed by atoms with Gasteiger partial charge in [0, 0.05) is 75.0 Å². The molecule has 12 aliphatic carbocycles. The molecule has 212 valence electrons. The van der Waals surface area contributed by atoms with Crippen LogP contribution in [0.3, 0.4) is 0 Å². The van der Waals surface area contributed by atoms with E-state index in [0.717, 1.165) is 0 Å². The third kappa shape index (κ3) is 1.39. The van der Waals surface area contributed by atoms with Crippen LogP contribution in [0.2, 0.25) is 0 Å². The van der Waals surface area contributed by atoms with Crippen molar-refractivity contribution in [2.45, 2.75) is 67.4 Å². The van der Waals surface area contributed by atoms with Gasteiger partial charge in [-0.3, -0.25) is 19.2 Å². The average molecular weight is 808 g/mol. The molecule has 0 N–H and O–H groups in total. The van der Waals surface area contributed by atoms with E-state index in [-0.39, 0.29) is 94.9 Å². The van der Waals surface area contributed by atoms with Crippen LogP contribution in [0.1, 0.15) is 27.7 Å². The van der Waals surface area contributed by atoms with Crippen LogP contribution >= 0.6 is 63.7 Å². The Morgan fingerprint density at radius 3 is 0.800 bits per heavy atom. The molecule has 0 aromatic rings. The molecule has 0 amide bonds. The first-order valence-electron chi connectivity index (χ1n) is 14.2. The van der Waals surface area contributed by atoms with Crippen LogP contribution in [0.5, 0.6) is 0 Å². The molecule has 0 aromatic carbocycles. The fraction of sp³-hybridized carbons (Fsp3) is 0.857. The summed E-state index contributed by atoms with van der Waals surface area (Å²) in [5.74, 6) is -2.71. The maximum atomic E-state index is 13.1. The lowest BCUT2D eigenvalue weighted by molar-refractivity contribution is -0.188. The summed E-state index contributed by atoms with van der Waals surface area (Å²) in [6.45, 7) is 5.88. The zero-order chi connectivity index (χ0) is 28.1. The number of carbonyl (C=O) groups excluding carboxylic acids is 4. The summed E-state index contributed by atoms with van der Waals surface area (Å²) in [7, 11) is 0. The van der Waals surface area contributed by atoms with Crippen molar-refractivity contribution in [2.24, 2.45) is 71.0 Å². The molecule has 0 heterocycles. The molecule has 12 fully saturated rings. The normalized spacial score (nSPS) is 74.2. The van der Waals surface area contributed by atoms with E-state index in [9.17, 15) is 19.2 Å². The SMILES string of the molecule is CC(=O)O[C@@]12[C@@H]3[C@@H]4[C@@H]5[C@H]6[C@@]7(OC(C)=O)[C@H]8[C@H]9[C@H]([C@H]%10[C@]1(Br)[C@@H]4[C@]6(OC(C)=O)[C@]%108Br)[C@H]2[C@@]1(Br)[C@@H]9[C@]7(Br)[C@@H]5[C@@]31OC(C)=O. The fourth-order valence-corrected chi connectivity index (χ4v) is 24.9. The Bertz CT molecular complexity index is 1440. The van der Waals surface area contributed by atoms with Crippen molar-refractivity contribution in [3.63, 3.8) is 0 Å². The van der Waals surface area contributed by atoms with E-state index in [4.69, 9.17) is 18.9 Å². The first kappa shape index (κ1) is 24.2. The third-order valence-corrected chi connectivity index (χ3v) is 21.4. The fourth-order valence-electron chi connectivity index (χ4n) is 16.7. The largest absolute Gasteiger partial charge is 0.457 e. The van der Waals surface area contributed by atoms with Crippen LogP contribution in [0, 0.1) is 71.0 Å². The highest BCUT2D eigenvalue weighted by molar-refractivity contribution is 9.11. The van der Waals surface area contributed by atoms with Crippen LogP contribution in [0.15, 0.2) is 0 Å². The molecule has 20 atom stereocenters. The second-order valence-corrected chi connectivity index (χ2v) is 20.0. The van der Waals surface area contributed by atoms with Gasteiger partial charge < -0.3 is 18.9 Å². The minimum absolute atomic E-state index is 0.0407. The molecular formula is C28H24Br4O8. The van der Waals surface area contributed by atoms with Crippen molar-refractivity contribution in [3.8, 4) is 0 Å². The van der Waals surface area contributed by atoms with Crippen molar-refractivity contribution in [1.82, 2.24) is 0 Å². The van der Waals surface area contributed by atoms with Crippen LogP contribution in [0.25, 0.3) is 0 Å². The minimum Gasteiger partial charge on any atom is -0.457 e. The number of hydrogen-bond acceptors (Lipinski definition) is 8. The number of carbonyl (C=O) groups is 4. The van der Waals surface area contributed by atoms with Gasteiger partial charge in [-0.05, 0) is 23.7 Å². The van der Waals surface area contributed by atoms with Crippen LogP contribution < -0.4 is 0 Å². The zero-order valence-corrected chi connectivity index (χ0v) is 28.1. The van der Waals surface area contributed by atoms with Gasteiger partial charge in [-0.1, -0.05) is 63.7 Å². The lowest BCUT2D eigenvalue weighted by atomic mass is 9.71. The van der Waals surface area contributed by atoms with Crippen molar-refractivity contribution < 1.29 is 38.1 Å². The van der Waals surface area contributed by atoms with E-state index >= 15 is 0 Å². The number of rotatable bonds is 4. The van der Waals surface area contributed by atoms with Gasteiger partial charge in [0.15, 0.2) is 0 Å². The molecule has 0 bridgehead atoms. The second-order valence-electron chi connectivity index (χ2n) is 14.7. The van der Waals surface area contributed by atoms with Gasteiger partial charge in [0.1, 0.15) is 22.4 Å². The van der Waals surface area contributed by atoms with Gasteiger partial charge in [0.05, 0.1) is 17.3 Å². The average Bonchev–Trinajstić information content (AvgIpc) is 3.63. The summed E-state index contributed by atoms with van der Waals surface area (Å²) in [4.78, 5) is 52.5. The first-order chi connectivity index (χ1) is 18.6. The van der Waals surface area contributed by atoms with Crippen LogP contribution in [0.4, 0.5) is 0 Å². The summed E-state index contributed by atoms with van der Waals surface area (Å²) < 4.78 is 24.2. The summed E-state index contributed by atoms with van der Waals surface area (Å²) in [6.07, 6.45) is 0. The second kappa shape index (κ2) is 5.57. The molecule has 12 rings (SSSR count). The summed E-state index contributed by atoms with van der Waals surface area (Å²) >= 11 is 17.5. The molecule has 12 aliphatic rings. The zero-order valence-electron chi connectivity index (χ0n) is 21.7. The van der Waals surface area contributed by atoms with Gasteiger partial charge in [-0.15, -0.1) is 0 Å². The molecule has 12 saturated carbocycles. The molecule has 0 unspecified atom stereocenters. The Kier molecular flexibility index (Phi) is 3.36. The molecule has 0 saturated heterocycles. The lowest BCUT2D eigenvalue weighted by Gasteiger charge is -2.49. The highest BCUT2D eigenvalue weighted by Gasteiger charge is 3.21. The van der Waals surface area contributed by atoms with Crippen LogP contribution in [-0.4, -0.2) is 63.6 Å². The summed E-state index contributed by atoms with van der Waals surface area (Å²) in [6, 6.07) is 0. The van der Waals surface area contributed by atoms with Crippen molar-refractivity contribution >= 4 is 87.6 Å². The standard InChI is InChI=1S/C28H24Br4O8/c1-5(33)37-25-15-9-10-14-21(15,29)27(39-7(3)35)18-12-11(19(25)27)17-23(25,31)13(9)22(30)16(10)26(24(14,18)32,38-6(2)34)20(12)28(17,22)40-8(4)36/h9-20H,1-4H3/t9-,10+,11-,12+,13-,14-,15+,16+,17-,18-,19+,20+,21+,22+,23+,24+,25+,26+,27-,28-/m1/s1. The number of ether oxygens (including phenoxy) is 4. The van der Waals surface area contributed by atoms with Crippen molar-refractivity contribution in [3.05, 3.63) is 0 Å². The van der Waals surface area contributed by atoms with Gasteiger partial charge in [-0.25, -0.2) is 0 Å². The van der Waals surface area contributed by atoms with Crippen molar-refractivity contribution in [1.29, 1.82) is 0 Å². The van der Waals surface area contributed by atoms with E-state index in [1.165, 1.54) is 27.7 Å². The van der Waals surface area contributed by atoms with E-state index in [1.807, 2.05) is 0 Å². The quantitative estimate of drug-likeness (QED) is 0.243. The molecule has 0 aromatic heterocycles. The van der Waals surface area contributed by atoms with Crippen molar-refractivity contribution in [2.75, 3.05) is 0 Å². The molecule has 0 spiro atoms. The monoisotopic (exact) mass is 804 g/mol. The maximum absolute atomic E-state index is 13.1. The summed E-state index contributed by atoms with van der Waals surface area (Å²) in [5.41, 5.74) is -3.81. The Morgan fingerprint density at radius 1 is 0.400 bits per heavy atom. The smallest absolute Gasteiger partial charge is 0.303 e. The van der Waals surface area contributed by atoms with Gasteiger partial charge in [0.2, 0.25) is 0 Å². The Balaban J connectivity index is 1.37. The number of alkyl halides is 4. The highest BCUT2D eigenvalue weighted by atomic mass is 79.9. The highest BCUT2D eigenvalue weighted by Crippen LogP contribution is 3.11. The third-order valence-electron chi connectivity index (χ3n) is 14.9.